The van der Waals surface area contributed by atoms with E-state index in [1.807, 2.05) is 4.90 Å². The molecule has 2 fully saturated rings. The van der Waals surface area contributed by atoms with E-state index < -0.39 is 6.04 Å². The topological polar surface area (TPSA) is 87.7 Å². The molecule has 0 spiro atoms. The maximum atomic E-state index is 12.6. The van der Waals surface area contributed by atoms with E-state index in [-0.39, 0.29) is 23.8 Å². The number of hydrogen-bond acceptors (Lipinski definition) is 4. The van der Waals surface area contributed by atoms with Gasteiger partial charge in [-0.3, -0.25) is 14.4 Å². The molecule has 0 saturated carbocycles. The van der Waals surface area contributed by atoms with Crippen LogP contribution in [0.25, 0.3) is 0 Å². The summed E-state index contributed by atoms with van der Waals surface area (Å²) in [7, 11) is 0. The lowest BCUT2D eigenvalue weighted by atomic mass is 10.1. The molecule has 7 heteroatoms. The van der Waals surface area contributed by atoms with Gasteiger partial charge in [-0.1, -0.05) is 6.58 Å². The Morgan fingerprint density at radius 2 is 1.85 bits per heavy atom. The van der Waals surface area contributed by atoms with Crippen molar-refractivity contribution in [3.8, 4) is 0 Å². The summed E-state index contributed by atoms with van der Waals surface area (Å²) in [6, 6.07) is 6.24. The van der Waals surface area contributed by atoms with Crippen molar-refractivity contribution in [2.75, 3.05) is 25.1 Å². The van der Waals surface area contributed by atoms with Crippen molar-refractivity contribution in [1.29, 1.82) is 0 Å². The van der Waals surface area contributed by atoms with Gasteiger partial charge in [0.05, 0.1) is 0 Å². The van der Waals surface area contributed by atoms with Gasteiger partial charge in [-0.2, -0.15) is 0 Å². The minimum Gasteiger partial charge on any atom is -0.381 e. The van der Waals surface area contributed by atoms with E-state index in [0.717, 1.165) is 12.8 Å². The first-order chi connectivity index (χ1) is 12.6. The number of carbonyl (C=O) groups excluding carboxylic acids is 3. The molecule has 138 valence electrons. The number of carbonyl (C=O) groups is 3. The van der Waals surface area contributed by atoms with Gasteiger partial charge < -0.3 is 20.3 Å². The third-order valence-corrected chi connectivity index (χ3v) is 4.78. The smallest absolute Gasteiger partial charge is 0.251 e. The lowest BCUT2D eigenvalue weighted by Gasteiger charge is -2.31. The molecule has 1 aromatic rings. The van der Waals surface area contributed by atoms with E-state index in [0.29, 0.717) is 37.4 Å². The molecule has 3 rings (SSSR count). The number of rotatable bonds is 5. The summed E-state index contributed by atoms with van der Waals surface area (Å²) in [5.41, 5.74) is 1.02. The van der Waals surface area contributed by atoms with E-state index in [2.05, 4.69) is 17.2 Å². The van der Waals surface area contributed by atoms with Crippen molar-refractivity contribution in [3.63, 3.8) is 0 Å². The van der Waals surface area contributed by atoms with Gasteiger partial charge in [0.15, 0.2) is 0 Å². The summed E-state index contributed by atoms with van der Waals surface area (Å²) in [5.74, 6) is -0.620. The predicted molar refractivity (Wildman–Crippen MR) is 96.7 cm³/mol. The average Bonchev–Trinajstić information content (AvgIpc) is 3.03. The second kappa shape index (κ2) is 8.14. The fraction of sp³-hybridized carbons (Fsp3) is 0.421. The number of ether oxygens (including phenoxy) is 1. The van der Waals surface area contributed by atoms with Crippen LogP contribution in [0.5, 0.6) is 0 Å². The van der Waals surface area contributed by atoms with E-state index in [9.17, 15) is 14.4 Å². The molecule has 1 unspecified atom stereocenters. The maximum absolute atomic E-state index is 12.6. The van der Waals surface area contributed by atoms with Crippen molar-refractivity contribution < 1.29 is 19.1 Å². The highest BCUT2D eigenvalue weighted by Gasteiger charge is 2.37. The Balaban J connectivity index is 1.57. The van der Waals surface area contributed by atoms with Crippen LogP contribution in [0, 0.1) is 0 Å². The summed E-state index contributed by atoms with van der Waals surface area (Å²) in [5, 5.41) is 5.44. The molecular formula is C19H23N3O4. The van der Waals surface area contributed by atoms with Crippen LogP contribution in [0.2, 0.25) is 0 Å². The van der Waals surface area contributed by atoms with Crippen molar-refractivity contribution in [3.05, 3.63) is 42.5 Å². The highest BCUT2D eigenvalue weighted by Crippen LogP contribution is 2.21. The molecule has 0 radical (unpaired) electrons. The Kier molecular flexibility index (Phi) is 5.68. The average molecular weight is 357 g/mol. The Bertz CT molecular complexity index is 695. The molecule has 2 N–H and O–H groups in total. The highest BCUT2D eigenvalue weighted by molar-refractivity contribution is 6.00. The monoisotopic (exact) mass is 357 g/mol. The second-order valence-electron chi connectivity index (χ2n) is 6.46. The molecule has 2 heterocycles. The summed E-state index contributed by atoms with van der Waals surface area (Å²) >= 11 is 0. The molecule has 26 heavy (non-hydrogen) atoms. The Labute approximate surface area is 152 Å². The largest absolute Gasteiger partial charge is 0.381 e. The summed E-state index contributed by atoms with van der Waals surface area (Å²) in [4.78, 5) is 38.2. The van der Waals surface area contributed by atoms with Crippen molar-refractivity contribution >= 4 is 23.4 Å². The van der Waals surface area contributed by atoms with Gasteiger partial charge in [0.25, 0.3) is 5.91 Å². The van der Waals surface area contributed by atoms with Gasteiger partial charge in [-0.25, -0.2) is 0 Å². The molecule has 1 atom stereocenters. The number of amides is 3. The molecule has 7 nitrogen and oxygen atoms in total. The molecule has 1 aromatic carbocycles. The van der Waals surface area contributed by atoms with Gasteiger partial charge in [0.1, 0.15) is 6.04 Å². The third kappa shape index (κ3) is 4.11. The zero-order chi connectivity index (χ0) is 18.5. The van der Waals surface area contributed by atoms with Crippen LogP contribution in [0.15, 0.2) is 36.9 Å². The standard InChI is InChI=1S/C19H23N3O4/c1-2-17(23)20-14-5-3-13(4-6-14)18(24)21-16-7-10-22(19(16)25)15-8-11-26-12-9-15/h2-6,15-16H,1,7-12H2,(H,20,23)(H,21,24). The second-order valence-corrected chi connectivity index (χ2v) is 6.46. The van der Waals surface area contributed by atoms with Crippen LogP contribution in [-0.4, -0.2) is 54.5 Å². The molecule has 0 aliphatic carbocycles. The molecule has 0 aromatic heterocycles. The van der Waals surface area contributed by atoms with Crippen molar-refractivity contribution in [1.82, 2.24) is 10.2 Å². The summed E-state index contributed by atoms with van der Waals surface area (Å²) < 4.78 is 5.35. The molecule has 0 bridgehead atoms. The fourth-order valence-corrected chi connectivity index (χ4v) is 3.34. The zero-order valence-corrected chi connectivity index (χ0v) is 14.6. The van der Waals surface area contributed by atoms with Crippen LogP contribution in [0.3, 0.4) is 0 Å². The first-order valence-electron chi connectivity index (χ1n) is 8.81. The Hall–Kier alpha value is -2.67. The van der Waals surface area contributed by atoms with Crippen LogP contribution in [0.1, 0.15) is 29.6 Å². The normalized spacial score (nSPS) is 20.7. The minimum atomic E-state index is -0.481. The maximum Gasteiger partial charge on any atom is 0.251 e. The number of nitrogens with one attached hydrogen (secondary N) is 2. The van der Waals surface area contributed by atoms with Crippen molar-refractivity contribution in [2.24, 2.45) is 0 Å². The van der Waals surface area contributed by atoms with Gasteiger partial charge in [-0.05, 0) is 49.6 Å². The lowest BCUT2D eigenvalue weighted by Crippen LogP contribution is -2.46. The first-order valence-corrected chi connectivity index (χ1v) is 8.81. The van der Waals surface area contributed by atoms with Crippen LogP contribution in [-0.2, 0) is 14.3 Å². The van der Waals surface area contributed by atoms with Crippen molar-refractivity contribution in [2.45, 2.75) is 31.3 Å². The molecule has 2 saturated heterocycles. The molecule has 2 aliphatic heterocycles. The van der Waals surface area contributed by atoms with Gasteiger partial charge in [-0.15, -0.1) is 0 Å². The summed E-state index contributed by atoms with van der Waals surface area (Å²) in [6.07, 6.45) is 3.50. The Morgan fingerprint density at radius 3 is 2.50 bits per heavy atom. The first kappa shape index (κ1) is 18.1. The number of likely N-dealkylation sites (tertiary alicyclic amines) is 1. The molecular weight excluding hydrogens is 334 g/mol. The SMILES string of the molecule is C=CC(=O)Nc1ccc(C(=O)NC2CCN(C3CCOCC3)C2=O)cc1. The fourth-order valence-electron chi connectivity index (χ4n) is 3.34. The zero-order valence-electron chi connectivity index (χ0n) is 14.6. The number of hydrogen-bond donors (Lipinski definition) is 2. The molecule has 2 aliphatic rings. The Morgan fingerprint density at radius 1 is 1.15 bits per heavy atom. The number of benzene rings is 1. The predicted octanol–water partition coefficient (Wildman–Crippen LogP) is 1.32. The van der Waals surface area contributed by atoms with E-state index in [1.54, 1.807) is 24.3 Å². The van der Waals surface area contributed by atoms with E-state index >= 15 is 0 Å². The van der Waals surface area contributed by atoms with E-state index in [1.165, 1.54) is 6.08 Å². The molecule has 3 amide bonds. The third-order valence-electron chi connectivity index (χ3n) is 4.78. The number of anilines is 1. The lowest BCUT2D eigenvalue weighted by molar-refractivity contribution is -0.132. The van der Waals surface area contributed by atoms with Crippen LogP contribution < -0.4 is 10.6 Å². The minimum absolute atomic E-state index is 0.0138. The highest BCUT2D eigenvalue weighted by atomic mass is 16.5. The van der Waals surface area contributed by atoms with Crippen LogP contribution in [0.4, 0.5) is 5.69 Å². The quantitative estimate of drug-likeness (QED) is 0.778. The summed E-state index contributed by atoms with van der Waals surface area (Å²) in [6.45, 7) is 5.42. The number of nitrogens with zero attached hydrogens (tertiary/aromatic N) is 1. The van der Waals surface area contributed by atoms with Gasteiger partial charge in [0, 0.05) is 37.1 Å². The van der Waals surface area contributed by atoms with Crippen LogP contribution >= 0.6 is 0 Å². The van der Waals surface area contributed by atoms with Gasteiger partial charge >= 0.3 is 0 Å². The van der Waals surface area contributed by atoms with E-state index in [4.69, 9.17) is 4.74 Å². The van der Waals surface area contributed by atoms with Gasteiger partial charge in [0.2, 0.25) is 11.8 Å².